The summed E-state index contributed by atoms with van der Waals surface area (Å²) in [5.74, 6) is 1.33. The number of nitrogens with two attached hydrogens (primary N) is 1. The Morgan fingerprint density at radius 2 is 1.52 bits per heavy atom. The fraction of sp³-hybridized carbons (Fsp3) is 0.455. The van der Waals surface area contributed by atoms with Crippen LogP contribution < -0.4 is 20.8 Å². The summed E-state index contributed by atoms with van der Waals surface area (Å²) in [5.41, 5.74) is 7.35. The number of nitrogens with zero attached hydrogens (tertiary/aromatic N) is 5. The molecule has 1 unspecified atom stereocenters. The number of fused-ring (bicyclic) bond motifs is 1. The van der Waals surface area contributed by atoms with Crippen molar-refractivity contribution in [1.29, 1.82) is 5.26 Å². The molecule has 6 rings (SSSR count). The van der Waals surface area contributed by atoms with Gasteiger partial charge in [0.15, 0.2) is 25.7 Å². The smallest absolute Gasteiger partial charge is 0.280 e. The summed E-state index contributed by atoms with van der Waals surface area (Å²) in [6.45, 7) is 16.3. The van der Waals surface area contributed by atoms with Gasteiger partial charge in [-0.2, -0.15) is 10.2 Å². The van der Waals surface area contributed by atoms with E-state index in [0.717, 1.165) is 16.7 Å². The van der Waals surface area contributed by atoms with Gasteiger partial charge in [0.1, 0.15) is 35.4 Å². The van der Waals surface area contributed by atoms with Crippen LogP contribution in [0.2, 0.25) is 18.1 Å². The number of ether oxygens (including phenoxy) is 4. The van der Waals surface area contributed by atoms with Crippen LogP contribution in [0.25, 0.3) is 11.2 Å². The van der Waals surface area contributed by atoms with E-state index in [1.54, 1.807) is 18.8 Å². The summed E-state index contributed by atoms with van der Waals surface area (Å²) in [4.78, 5) is 24.6. The molecule has 5 aromatic rings. The van der Waals surface area contributed by atoms with Crippen molar-refractivity contribution in [1.82, 2.24) is 24.2 Å². The molecule has 0 amide bonds. The van der Waals surface area contributed by atoms with Crippen molar-refractivity contribution in [2.45, 2.75) is 89.3 Å². The highest BCUT2D eigenvalue weighted by molar-refractivity contribution is 7.44. The zero-order chi connectivity index (χ0) is 44.0. The monoisotopic (exact) mass is 871 g/mol. The van der Waals surface area contributed by atoms with Gasteiger partial charge in [-0.25, -0.2) is 9.65 Å². The molecule has 0 bridgehead atoms. The van der Waals surface area contributed by atoms with Gasteiger partial charge in [0.25, 0.3) is 14.1 Å². The van der Waals surface area contributed by atoms with E-state index in [-0.39, 0.29) is 41.8 Å². The fourth-order valence-corrected chi connectivity index (χ4v) is 9.97. The zero-order valence-corrected chi connectivity index (χ0v) is 38.3. The molecule has 3 heterocycles. The maximum Gasteiger partial charge on any atom is 0.280 e. The van der Waals surface area contributed by atoms with Crippen LogP contribution >= 0.6 is 8.53 Å². The van der Waals surface area contributed by atoms with E-state index in [9.17, 15) is 10.1 Å². The Morgan fingerprint density at radius 1 is 0.934 bits per heavy atom. The second kappa shape index (κ2) is 19.6. The number of benzene rings is 3. The van der Waals surface area contributed by atoms with Crippen molar-refractivity contribution in [3.05, 3.63) is 112 Å². The molecule has 0 spiro atoms. The molecule has 1 aliphatic rings. The van der Waals surface area contributed by atoms with E-state index in [4.69, 9.17) is 38.2 Å². The van der Waals surface area contributed by atoms with Gasteiger partial charge in [-0.15, -0.1) is 0 Å². The quantitative estimate of drug-likeness (QED) is 0.0354. The summed E-state index contributed by atoms with van der Waals surface area (Å²) in [5, 5.41) is 9.25. The number of hydrogen-bond donors (Lipinski definition) is 2. The van der Waals surface area contributed by atoms with Crippen LogP contribution in [-0.4, -0.2) is 91.3 Å². The number of aromatic nitrogens is 4. The van der Waals surface area contributed by atoms with Crippen LogP contribution in [0.15, 0.2) is 90.0 Å². The van der Waals surface area contributed by atoms with Gasteiger partial charge in [-0.1, -0.05) is 89.2 Å². The molecular weight excluding hydrogens is 814 g/mol. The fourth-order valence-electron chi connectivity index (χ4n) is 7.15. The van der Waals surface area contributed by atoms with Gasteiger partial charge in [0.2, 0.25) is 5.95 Å². The number of H-pyrrole nitrogens is 1. The van der Waals surface area contributed by atoms with Gasteiger partial charge in [0, 0.05) is 13.1 Å². The molecule has 0 radical (unpaired) electrons. The molecule has 15 nitrogen and oxygen atoms in total. The van der Waals surface area contributed by atoms with Crippen LogP contribution in [-0.2, 0) is 28.5 Å². The highest BCUT2D eigenvalue weighted by Gasteiger charge is 2.54. The largest absolute Gasteiger partial charge is 0.497 e. The number of nitriles is 1. The van der Waals surface area contributed by atoms with Crippen LogP contribution in [0.4, 0.5) is 5.95 Å². The molecule has 2 aromatic heterocycles. The first-order chi connectivity index (χ1) is 29.2. The van der Waals surface area contributed by atoms with E-state index in [0.29, 0.717) is 24.6 Å². The third kappa shape index (κ3) is 9.70. The number of aromatic amines is 1. The maximum atomic E-state index is 13.1. The van der Waals surface area contributed by atoms with Gasteiger partial charge in [-0.3, -0.25) is 14.3 Å². The minimum absolute atomic E-state index is 0.00607. The van der Waals surface area contributed by atoms with Crippen molar-refractivity contribution in [2.24, 2.45) is 0 Å². The van der Waals surface area contributed by atoms with Gasteiger partial charge in [0.05, 0.1) is 46.3 Å². The van der Waals surface area contributed by atoms with Crippen LogP contribution in [0, 0.1) is 11.3 Å². The average molecular weight is 872 g/mol. The normalized spacial score (nSPS) is 19.0. The topological polar surface area (TPSA) is 181 Å². The summed E-state index contributed by atoms with van der Waals surface area (Å²) in [6, 6.07) is 27.9. The molecule has 1 saturated heterocycles. The lowest BCUT2D eigenvalue weighted by molar-refractivity contribution is -0.0924. The van der Waals surface area contributed by atoms with Crippen LogP contribution in [0.1, 0.15) is 64.0 Å². The Morgan fingerprint density at radius 3 is 2.07 bits per heavy atom. The first kappa shape index (κ1) is 45.8. The summed E-state index contributed by atoms with van der Waals surface area (Å²) in [6.07, 6.45) is -1.55. The average Bonchev–Trinajstić information content (AvgIpc) is 3.82. The lowest BCUT2D eigenvalue weighted by atomic mass is 9.80. The predicted molar refractivity (Wildman–Crippen MR) is 238 cm³/mol. The number of imidazole rings is 1. The summed E-state index contributed by atoms with van der Waals surface area (Å²) >= 11 is 0. The van der Waals surface area contributed by atoms with Gasteiger partial charge >= 0.3 is 0 Å². The molecule has 3 N–H and O–H groups in total. The molecule has 0 saturated carbocycles. The number of methoxy groups -OCH3 is 2. The van der Waals surface area contributed by atoms with Gasteiger partial charge < -0.3 is 38.2 Å². The predicted octanol–water partition coefficient (Wildman–Crippen LogP) is 7.90. The summed E-state index contributed by atoms with van der Waals surface area (Å²) in [7, 11) is -1.07. The third-order valence-electron chi connectivity index (χ3n) is 11.5. The number of rotatable bonds is 19. The summed E-state index contributed by atoms with van der Waals surface area (Å²) < 4.78 is 50.5. The molecular formula is C44H58N7O8PSi. The molecule has 326 valence electrons. The van der Waals surface area contributed by atoms with E-state index >= 15 is 0 Å². The molecule has 61 heavy (non-hydrogen) atoms. The first-order valence-corrected chi connectivity index (χ1v) is 24.5. The Kier molecular flexibility index (Phi) is 14.7. The Balaban J connectivity index is 1.55. The van der Waals surface area contributed by atoms with E-state index < -0.39 is 52.5 Å². The molecule has 1 fully saturated rings. The van der Waals surface area contributed by atoms with E-state index in [2.05, 4.69) is 59.6 Å². The van der Waals surface area contributed by atoms with Crippen molar-refractivity contribution < 1.29 is 32.4 Å². The van der Waals surface area contributed by atoms with Crippen molar-refractivity contribution >= 4 is 34.0 Å². The van der Waals surface area contributed by atoms with Crippen molar-refractivity contribution in [2.75, 3.05) is 46.3 Å². The zero-order valence-electron chi connectivity index (χ0n) is 36.5. The lowest BCUT2D eigenvalue weighted by Crippen LogP contribution is -2.49. The molecule has 1 aliphatic heterocycles. The number of nitrogen functional groups attached to an aromatic ring is 1. The third-order valence-corrected chi connectivity index (χ3v) is 17.8. The first-order valence-electron chi connectivity index (χ1n) is 20.5. The SMILES string of the molecule is CCN(CC)P(OCCC#N)O[C@H]1[C@@H](O[Si](C)(C)C(C)(C)C)[C@H](n2cnc3c(=O)[nH]c(N)nc32)O[C@@H]1COC(c1ccccc1)(c1ccc(OC)cc1)c1ccc(OC)cc1. The second-order valence-electron chi connectivity index (χ2n) is 16.2. The standard InChI is InChI=1S/C44H58N7O8PSi/c1-10-50(11-2)60(56-27-15-26-45)58-37-35(57-41(38(37)59-61(8,9)43(3,4)5)51-29-47-36-39(51)48-42(46)49-40(36)52)28-55-44(30-16-13-12-14-17-30,31-18-22-33(53-6)23-19-31)32-20-24-34(54-7)25-21-32/h12-14,16-25,29,35,37-38,41H,10-11,15,27-28H2,1-9H3,(H3,46,48,49,52)/t35-,37-,38-,41-,60?/m1/s1. The maximum absolute atomic E-state index is 13.1. The van der Waals surface area contributed by atoms with Crippen LogP contribution in [0.3, 0.4) is 0 Å². The molecule has 5 atom stereocenters. The number of anilines is 1. The number of nitrogens with one attached hydrogen (secondary N) is 1. The highest BCUT2D eigenvalue weighted by Crippen LogP contribution is 2.51. The highest BCUT2D eigenvalue weighted by atomic mass is 31.2. The van der Waals surface area contributed by atoms with Crippen molar-refractivity contribution in [3.8, 4) is 17.6 Å². The molecule has 0 aliphatic carbocycles. The number of hydrogen-bond acceptors (Lipinski definition) is 13. The lowest BCUT2D eigenvalue weighted by Gasteiger charge is -2.41. The molecule has 17 heteroatoms. The van der Waals surface area contributed by atoms with Crippen LogP contribution in [0.5, 0.6) is 11.5 Å². The van der Waals surface area contributed by atoms with E-state index in [1.165, 1.54) is 6.33 Å². The van der Waals surface area contributed by atoms with Crippen molar-refractivity contribution in [3.63, 3.8) is 0 Å². The van der Waals surface area contributed by atoms with Gasteiger partial charge in [-0.05, 0) is 59.1 Å². The molecule has 3 aromatic carbocycles. The Hall–Kier alpha value is -4.69. The minimum atomic E-state index is -2.61. The minimum Gasteiger partial charge on any atom is -0.497 e. The van der Waals surface area contributed by atoms with E-state index in [1.807, 2.05) is 92.7 Å². The Bertz CT molecular complexity index is 2250. The Labute approximate surface area is 360 Å². The second-order valence-corrected chi connectivity index (χ2v) is 22.5.